The normalized spacial score (nSPS) is 24.4. The van der Waals surface area contributed by atoms with Gasteiger partial charge in [0.15, 0.2) is 0 Å². The second-order valence-corrected chi connectivity index (χ2v) is 8.73. The van der Waals surface area contributed by atoms with Crippen molar-refractivity contribution >= 4 is 23.9 Å². The van der Waals surface area contributed by atoms with E-state index in [1.807, 2.05) is 18.2 Å². The molecule has 0 N–H and O–H groups in total. The zero-order valence-corrected chi connectivity index (χ0v) is 19.3. The summed E-state index contributed by atoms with van der Waals surface area (Å²) in [6.45, 7) is 3.30. The molecule has 0 unspecified atom stereocenters. The third kappa shape index (κ3) is 7.71. The molecular weight excluding hydrogens is 440 g/mol. The molecule has 0 aromatic heterocycles. The molecule has 0 heterocycles. The lowest BCUT2D eigenvalue weighted by Gasteiger charge is -2.30. The summed E-state index contributed by atoms with van der Waals surface area (Å²) in [5.41, 5.74) is 0. The first-order chi connectivity index (χ1) is 16.5. The maximum absolute atomic E-state index is 12.6. The molecule has 0 amide bonds. The second kappa shape index (κ2) is 12.9. The molecule has 0 bridgehead atoms. The third-order valence-corrected chi connectivity index (χ3v) is 6.38. The van der Waals surface area contributed by atoms with Gasteiger partial charge in [-0.1, -0.05) is 24.8 Å². The molecule has 0 aliphatic heterocycles. The van der Waals surface area contributed by atoms with Crippen LogP contribution in [0.1, 0.15) is 51.4 Å². The monoisotopic (exact) mass is 472 g/mol. The summed E-state index contributed by atoms with van der Waals surface area (Å²) in [6.07, 6.45) is 5.64. The number of para-hydroxylation sites is 1. The van der Waals surface area contributed by atoms with Gasteiger partial charge in [0.1, 0.15) is 25.1 Å². The zero-order chi connectivity index (χ0) is 24.3. The van der Waals surface area contributed by atoms with E-state index in [0.29, 0.717) is 57.1 Å². The van der Waals surface area contributed by atoms with Crippen molar-refractivity contribution in [1.82, 2.24) is 0 Å². The fourth-order valence-electron chi connectivity index (χ4n) is 4.39. The van der Waals surface area contributed by atoms with Gasteiger partial charge in [0, 0.05) is 6.08 Å². The van der Waals surface area contributed by atoms with Crippen LogP contribution in [0.15, 0.2) is 43.0 Å². The Balaban J connectivity index is 1.31. The molecule has 0 radical (unpaired) electrons. The maximum atomic E-state index is 12.6. The summed E-state index contributed by atoms with van der Waals surface area (Å²) in [5.74, 6) is -1.46. The number of benzene rings is 1. The van der Waals surface area contributed by atoms with E-state index in [1.165, 1.54) is 0 Å². The standard InChI is InChI=1S/C26H32O8/c1-2-23(27)31-16-17-32-24(28)18-12-14-22(15-13-18)34-26(30)20-10-8-19(9-11-20)25(29)33-21-6-4-3-5-7-21/h2-7,18-20,22H,1,8-17H2. The molecule has 0 atom stereocenters. The van der Waals surface area contributed by atoms with Gasteiger partial charge in [-0.15, -0.1) is 0 Å². The first-order valence-corrected chi connectivity index (χ1v) is 11.9. The fourth-order valence-corrected chi connectivity index (χ4v) is 4.39. The van der Waals surface area contributed by atoms with Crippen LogP contribution in [0.25, 0.3) is 0 Å². The Hall–Kier alpha value is -3.16. The van der Waals surface area contributed by atoms with Gasteiger partial charge in [-0.25, -0.2) is 4.79 Å². The molecule has 0 spiro atoms. The molecule has 2 aliphatic carbocycles. The first kappa shape index (κ1) is 25.5. The van der Waals surface area contributed by atoms with E-state index in [1.54, 1.807) is 12.1 Å². The van der Waals surface area contributed by atoms with E-state index in [0.717, 1.165) is 6.08 Å². The highest BCUT2D eigenvalue weighted by molar-refractivity contribution is 5.81. The van der Waals surface area contributed by atoms with E-state index >= 15 is 0 Å². The van der Waals surface area contributed by atoms with Gasteiger partial charge in [0.2, 0.25) is 0 Å². The highest BCUT2D eigenvalue weighted by atomic mass is 16.6. The Morgan fingerprint density at radius 2 is 1.26 bits per heavy atom. The number of hydrogen-bond donors (Lipinski definition) is 0. The molecule has 34 heavy (non-hydrogen) atoms. The summed E-state index contributed by atoms with van der Waals surface area (Å²) in [7, 11) is 0. The number of ether oxygens (including phenoxy) is 4. The Morgan fingerprint density at radius 1 is 0.735 bits per heavy atom. The van der Waals surface area contributed by atoms with Crippen LogP contribution >= 0.6 is 0 Å². The molecule has 8 heteroatoms. The van der Waals surface area contributed by atoms with Gasteiger partial charge >= 0.3 is 23.9 Å². The lowest BCUT2D eigenvalue weighted by atomic mass is 9.82. The van der Waals surface area contributed by atoms with Crippen molar-refractivity contribution < 1.29 is 38.1 Å². The molecule has 3 rings (SSSR count). The van der Waals surface area contributed by atoms with Crippen LogP contribution in [0, 0.1) is 17.8 Å². The SMILES string of the molecule is C=CC(=O)OCCOC(=O)C1CCC(OC(=O)C2CCC(C(=O)Oc3ccccc3)CC2)CC1. The summed E-state index contributed by atoms with van der Waals surface area (Å²) in [4.78, 5) is 48.1. The highest BCUT2D eigenvalue weighted by Gasteiger charge is 2.34. The van der Waals surface area contributed by atoms with Crippen molar-refractivity contribution in [2.75, 3.05) is 13.2 Å². The number of esters is 4. The van der Waals surface area contributed by atoms with Gasteiger partial charge < -0.3 is 18.9 Å². The molecule has 0 saturated heterocycles. The van der Waals surface area contributed by atoms with Gasteiger partial charge in [-0.2, -0.15) is 0 Å². The molecule has 2 saturated carbocycles. The predicted molar refractivity (Wildman–Crippen MR) is 121 cm³/mol. The number of carbonyl (C=O) groups is 4. The van der Waals surface area contributed by atoms with Crippen molar-refractivity contribution in [2.45, 2.75) is 57.5 Å². The Kier molecular flexibility index (Phi) is 9.67. The lowest BCUT2D eigenvalue weighted by molar-refractivity contribution is -0.161. The van der Waals surface area contributed by atoms with E-state index in [2.05, 4.69) is 6.58 Å². The van der Waals surface area contributed by atoms with Crippen LogP contribution in [0.3, 0.4) is 0 Å². The molecule has 2 fully saturated rings. The summed E-state index contributed by atoms with van der Waals surface area (Å²) < 4.78 is 21.1. The summed E-state index contributed by atoms with van der Waals surface area (Å²) in [6, 6.07) is 8.98. The minimum atomic E-state index is -0.557. The van der Waals surface area contributed by atoms with Crippen molar-refractivity contribution in [2.24, 2.45) is 17.8 Å². The molecule has 1 aromatic carbocycles. The predicted octanol–water partition coefficient (Wildman–Crippen LogP) is 3.77. The molecule has 2 aliphatic rings. The second-order valence-electron chi connectivity index (χ2n) is 8.73. The molecule has 1 aromatic rings. The van der Waals surface area contributed by atoms with E-state index < -0.39 is 5.97 Å². The number of rotatable bonds is 9. The van der Waals surface area contributed by atoms with Gasteiger partial charge in [0.25, 0.3) is 0 Å². The Bertz CT molecular complexity index is 849. The summed E-state index contributed by atoms with van der Waals surface area (Å²) in [5, 5.41) is 0. The van der Waals surface area contributed by atoms with Crippen LogP contribution in [0.2, 0.25) is 0 Å². The largest absolute Gasteiger partial charge is 0.462 e. The average molecular weight is 473 g/mol. The smallest absolute Gasteiger partial charge is 0.330 e. The highest BCUT2D eigenvalue weighted by Crippen LogP contribution is 2.33. The van der Waals surface area contributed by atoms with Crippen LogP contribution in [-0.2, 0) is 33.4 Å². The maximum Gasteiger partial charge on any atom is 0.330 e. The van der Waals surface area contributed by atoms with E-state index in [9.17, 15) is 19.2 Å². The molecular formula is C26H32O8. The van der Waals surface area contributed by atoms with Gasteiger partial charge in [-0.05, 0) is 63.5 Å². The van der Waals surface area contributed by atoms with E-state index in [4.69, 9.17) is 18.9 Å². The first-order valence-electron chi connectivity index (χ1n) is 11.9. The van der Waals surface area contributed by atoms with Crippen molar-refractivity contribution in [1.29, 1.82) is 0 Å². The topological polar surface area (TPSA) is 105 Å². The minimum absolute atomic E-state index is 0.00419. The van der Waals surface area contributed by atoms with Gasteiger partial charge in [0.05, 0.1) is 17.8 Å². The zero-order valence-electron chi connectivity index (χ0n) is 19.3. The van der Waals surface area contributed by atoms with Crippen LogP contribution in [0.5, 0.6) is 5.75 Å². The van der Waals surface area contributed by atoms with Crippen LogP contribution < -0.4 is 4.74 Å². The van der Waals surface area contributed by atoms with Crippen LogP contribution in [0.4, 0.5) is 0 Å². The van der Waals surface area contributed by atoms with E-state index in [-0.39, 0.29) is 55.0 Å². The molecule has 8 nitrogen and oxygen atoms in total. The number of hydrogen-bond acceptors (Lipinski definition) is 8. The Labute approximate surface area is 199 Å². The Morgan fingerprint density at radius 3 is 1.88 bits per heavy atom. The van der Waals surface area contributed by atoms with Crippen LogP contribution in [-0.4, -0.2) is 43.2 Å². The third-order valence-electron chi connectivity index (χ3n) is 6.38. The van der Waals surface area contributed by atoms with Crippen molar-refractivity contribution in [3.05, 3.63) is 43.0 Å². The fraction of sp³-hybridized carbons (Fsp3) is 0.538. The lowest BCUT2D eigenvalue weighted by Crippen LogP contribution is -2.33. The quantitative estimate of drug-likeness (QED) is 0.176. The average Bonchev–Trinajstić information content (AvgIpc) is 2.87. The van der Waals surface area contributed by atoms with Crippen molar-refractivity contribution in [3.63, 3.8) is 0 Å². The number of carbonyl (C=O) groups excluding carboxylic acids is 4. The van der Waals surface area contributed by atoms with Gasteiger partial charge in [-0.3, -0.25) is 14.4 Å². The summed E-state index contributed by atoms with van der Waals surface area (Å²) >= 11 is 0. The van der Waals surface area contributed by atoms with Crippen molar-refractivity contribution in [3.8, 4) is 5.75 Å². The minimum Gasteiger partial charge on any atom is -0.462 e. The molecule has 184 valence electrons.